The molecule has 156 valence electrons. The second-order valence-corrected chi connectivity index (χ2v) is 7.79. The molecule has 3 rings (SSSR count). The van der Waals surface area contributed by atoms with Crippen molar-refractivity contribution in [2.45, 2.75) is 25.9 Å². The standard InChI is InChI=1S/C27H30O3/c1-21(27(29)24-17-9-4-10-18-24)25(23-15-7-3-8-16-23)20-26(28)30-19-11-14-22-12-5-2-6-13-22/h2-15,17-18,21,23,25,27,29H,16,19-20H2,1H3/b14-11+. The first-order chi connectivity index (χ1) is 14.6. The van der Waals surface area contributed by atoms with Gasteiger partial charge in [-0.1, -0.05) is 98.0 Å². The van der Waals surface area contributed by atoms with Crippen LogP contribution in [0.3, 0.4) is 0 Å². The molecule has 1 aliphatic carbocycles. The molecule has 0 radical (unpaired) electrons. The second-order valence-electron chi connectivity index (χ2n) is 7.79. The Balaban J connectivity index is 1.62. The lowest BCUT2D eigenvalue weighted by atomic mass is 9.74. The highest BCUT2D eigenvalue weighted by Gasteiger charge is 2.32. The first kappa shape index (κ1) is 21.8. The maximum Gasteiger partial charge on any atom is 0.306 e. The summed E-state index contributed by atoms with van der Waals surface area (Å²) >= 11 is 0. The molecule has 30 heavy (non-hydrogen) atoms. The number of rotatable bonds is 9. The minimum atomic E-state index is -0.624. The quantitative estimate of drug-likeness (QED) is 0.543. The van der Waals surface area contributed by atoms with E-state index in [1.165, 1.54) is 0 Å². The molecule has 0 spiro atoms. The summed E-state index contributed by atoms with van der Waals surface area (Å²) in [4.78, 5) is 12.6. The van der Waals surface area contributed by atoms with E-state index in [-0.39, 0.29) is 36.8 Å². The Bertz CT molecular complexity index is 867. The van der Waals surface area contributed by atoms with E-state index in [0.29, 0.717) is 0 Å². The number of aliphatic hydroxyl groups is 1. The fourth-order valence-corrected chi connectivity index (χ4v) is 3.97. The van der Waals surface area contributed by atoms with Crippen LogP contribution in [0.1, 0.15) is 37.0 Å². The molecule has 4 atom stereocenters. The first-order valence-electron chi connectivity index (χ1n) is 10.6. The van der Waals surface area contributed by atoms with E-state index in [4.69, 9.17) is 4.74 Å². The Morgan fingerprint density at radius 1 is 1.10 bits per heavy atom. The Morgan fingerprint density at radius 3 is 2.47 bits per heavy atom. The molecular weight excluding hydrogens is 372 g/mol. The van der Waals surface area contributed by atoms with Crippen LogP contribution in [0.25, 0.3) is 6.08 Å². The third-order valence-electron chi connectivity index (χ3n) is 5.73. The number of carbonyl (C=O) groups excluding carboxylic acids is 1. The molecule has 0 saturated carbocycles. The van der Waals surface area contributed by atoms with Crippen molar-refractivity contribution in [3.8, 4) is 0 Å². The summed E-state index contributed by atoms with van der Waals surface area (Å²) in [5, 5.41) is 10.9. The third kappa shape index (κ3) is 6.30. The minimum absolute atomic E-state index is 0.00740. The van der Waals surface area contributed by atoms with Crippen molar-refractivity contribution >= 4 is 12.0 Å². The zero-order valence-corrected chi connectivity index (χ0v) is 17.4. The van der Waals surface area contributed by atoms with Crippen LogP contribution in [0.15, 0.2) is 91.0 Å². The summed E-state index contributed by atoms with van der Waals surface area (Å²) in [6, 6.07) is 19.6. The van der Waals surface area contributed by atoms with Gasteiger partial charge in [-0.25, -0.2) is 0 Å². The van der Waals surface area contributed by atoms with Gasteiger partial charge in [0.1, 0.15) is 6.61 Å². The van der Waals surface area contributed by atoms with Crippen LogP contribution in [0, 0.1) is 17.8 Å². The summed E-state index contributed by atoms with van der Waals surface area (Å²) < 4.78 is 5.47. The molecule has 1 N–H and O–H groups in total. The van der Waals surface area contributed by atoms with Gasteiger partial charge >= 0.3 is 5.97 Å². The maximum atomic E-state index is 12.6. The van der Waals surface area contributed by atoms with Gasteiger partial charge in [0, 0.05) is 6.42 Å². The summed E-state index contributed by atoms with van der Waals surface area (Å²) in [6.45, 7) is 2.27. The molecule has 0 aromatic heterocycles. The third-order valence-corrected chi connectivity index (χ3v) is 5.73. The number of hydrogen-bond donors (Lipinski definition) is 1. The fraction of sp³-hybridized carbons (Fsp3) is 0.296. The number of esters is 1. The smallest absolute Gasteiger partial charge is 0.306 e. The summed E-state index contributed by atoms with van der Waals surface area (Å²) in [7, 11) is 0. The van der Waals surface area contributed by atoms with Gasteiger partial charge in [0.05, 0.1) is 6.10 Å². The zero-order chi connectivity index (χ0) is 21.2. The Morgan fingerprint density at radius 2 is 1.80 bits per heavy atom. The number of allylic oxidation sites excluding steroid dienone is 4. The van der Waals surface area contributed by atoms with Crippen molar-refractivity contribution in [1.82, 2.24) is 0 Å². The van der Waals surface area contributed by atoms with Gasteiger partial charge in [-0.2, -0.15) is 0 Å². The van der Waals surface area contributed by atoms with Gasteiger partial charge in [-0.05, 0) is 41.4 Å². The molecule has 0 fully saturated rings. The minimum Gasteiger partial charge on any atom is -0.461 e. The van der Waals surface area contributed by atoms with Crippen LogP contribution in [0.5, 0.6) is 0 Å². The predicted octanol–water partition coefficient (Wildman–Crippen LogP) is 5.75. The Hall–Kier alpha value is -2.91. The van der Waals surface area contributed by atoms with Crippen LogP contribution in [0.2, 0.25) is 0 Å². The van der Waals surface area contributed by atoms with E-state index < -0.39 is 6.10 Å². The topological polar surface area (TPSA) is 46.5 Å². The highest BCUT2D eigenvalue weighted by Crippen LogP contribution is 2.37. The van der Waals surface area contributed by atoms with Crippen LogP contribution >= 0.6 is 0 Å². The number of carbonyl (C=O) groups is 1. The number of aliphatic hydroxyl groups excluding tert-OH is 1. The van der Waals surface area contributed by atoms with Crippen molar-refractivity contribution in [2.24, 2.45) is 17.8 Å². The van der Waals surface area contributed by atoms with Crippen LogP contribution in [-0.2, 0) is 9.53 Å². The SMILES string of the molecule is CC(C(O)c1ccccc1)C(CC(=O)OC/C=C/c1ccccc1)C1C=CC=CC1. The highest BCUT2D eigenvalue weighted by molar-refractivity contribution is 5.70. The van der Waals surface area contributed by atoms with Gasteiger partial charge in [-0.3, -0.25) is 4.79 Å². The molecule has 3 heteroatoms. The first-order valence-corrected chi connectivity index (χ1v) is 10.6. The van der Waals surface area contributed by atoms with Gasteiger partial charge < -0.3 is 9.84 Å². The van der Waals surface area contributed by atoms with E-state index in [0.717, 1.165) is 17.5 Å². The van der Waals surface area contributed by atoms with E-state index >= 15 is 0 Å². The van der Waals surface area contributed by atoms with E-state index in [1.807, 2.05) is 91.9 Å². The second kappa shape index (κ2) is 11.3. The molecule has 0 amide bonds. The Labute approximate surface area is 179 Å². The number of hydrogen-bond acceptors (Lipinski definition) is 3. The van der Waals surface area contributed by atoms with Crippen LogP contribution in [0.4, 0.5) is 0 Å². The molecule has 2 aromatic carbocycles. The number of benzene rings is 2. The summed E-state index contributed by atoms with van der Waals surface area (Å²) in [6.07, 6.45) is 12.6. The average Bonchev–Trinajstić information content (AvgIpc) is 2.81. The van der Waals surface area contributed by atoms with Crippen LogP contribution < -0.4 is 0 Å². The van der Waals surface area contributed by atoms with E-state index in [1.54, 1.807) is 0 Å². The number of ether oxygens (including phenoxy) is 1. The fourth-order valence-electron chi connectivity index (χ4n) is 3.97. The highest BCUT2D eigenvalue weighted by atomic mass is 16.5. The van der Waals surface area contributed by atoms with Crippen molar-refractivity contribution in [3.63, 3.8) is 0 Å². The summed E-state index contributed by atoms with van der Waals surface area (Å²) in [5.74, 6) is -0.114. The molecule has 3 nitrogen and oxygen atoms in total. The molecule has 2 aromatic rings. The molecule has 0 heterocycles. The van der Waals surface area contributed by atoms with Gasteiger partial charge in [0.25, 0.3) is 0 Å². The maximum absolute atomic E-state index is 12.6. The van der Waals surface area contributed by atoms with Crippen molar-refractivity contribution in [2.75, 3.05) is 6.61 Å². The molecular formula is C27H30O3. The largest absolute Gasteiger partial charge is 0.461 e. The summed E-state index contributed by atoms with van der Waals surface area (Å²) in [5.41, 5.74) is 1.95. The monoisotopic (exact) mass is 402 g/mol. The van der Waals surface area contributed by atoms with Crippen molar-refractivity contribution in [1.29, 1.82) is 0 Å². The molecule has 0 bridgehead atoms. The lowest BCUT2D eigenvalue weighted by molar-refractivity contribution is -0.144. The van der Waals surface area contributed by atoms with Crippen LogP contribution in [-0.4, -0.2) is 17.7 Å². The van der Waals surface area contributed by atoms with Crippen molar-refractivity contribution in [3.05, 3.63) is 102 Å². The molecule has 0 saturated heterocycles. The Kier molecular flexibility index (Phi) is 8.22. The van der Waals surface area contributed by atoms with Gasteiger partial charge in [0.15, 0.2) is 0 Å². The molecule has 0 aliphatic heterocycles. The van der Waals surface area contributed by atoms with Gasteiger partial charge in [0.2, 0.25) is 0 Å². The predicted molar refractivity (Wildman–Crippen MR) is 121 cm³/mol. The van der Waals surface area contributed by atoms with E-state index in [9.17, 15) is 9.90 Å². The average molecular weight is 403 g/mol. The lowest BCUT2D eigenvalue weighted by Crippen LogP contribution is -2.29. The van der Waals surface area contributed by atoms with Gasteiger partial charge in [-0.15, -0.1) is 0 Å². The zero-order valence-electron chi connectivity index (χ0n) is 17.4. The van der Waals surface area contributed by atoms with E-state index in [2.05, 4.69) is 12.2 Å². The normalized spacial score (nSPS) is 18.8. The molecule has 4 unspecified atom stereocenters. The molecule has 1 aliphatic rings. The van der Waals surface area contributed by atoms with Crippen molar-refractivity contribution < 1.29 is 14.6 Å². The lowest BCUT2D eigenvalue weighted by Gasteiger charge is -2.33.